The maximum absolute atomic E-state index is 11.5. The Morgan fingerprint density at radius 1 is 1.65 bits per heavy atom. The number of carbonyl (C=O) groups excluding carboxylic acids is 2. The molecule has 1 unspecified atom stereocenters. The van der Waals surface area contributed by atoms with E-state index in [9.17, 15) is 9.59 Å². The van der Waals surface area contributed by atoms with Crippen LogP contribution in [0, 0.1) is 6.92 Å². The van der Waals surface area contributed by atoms with Gasteiger partial charge in [-0.3, -0.25) is 4.79 Å². The molecule has 1 amide bonds. The minimum atomic E-state index is -1.28. The summed E-state index contributed by atoms with van der Waals surface area (Å²) in [5, 5.41) is 5.29. The number of rotatable bonds is 5. The smallest absolute Gasteiger partial charge is 0.332 e. The van der Waals surface area contributed by atoms with Crippen molar-refractivity contribution in [3.8, 4) is 0 Å². The fraction of sp³-hybridized carbons (Fsp3) is 0.500. The molecule has 1 aromatic rings. The average Bonchev–Trinajstić information content (AvgIpc) is 2.71. The molecule has 6 nitrogen and oxygen atoms in total. The van der Waals surface area contributed by atoms with Gasteiger partial charge in [0.05, 0.1) is 23.9 Å². The molecule has 94 valence electrons. The molecule has 0 bridgehead atoms. The quantitative estimate of drug-likeness (QED) is 0.570. The van der Waals surface area contributed by atoms with E-state index in [2.05, 4.69) is 15.0 Å². The van der Waals surface area contributed by atoms with Gasteiger partial charge in [-0.25, -0.2) is 9.78 Å². The molecule has 0 radical (unpaired) electrons. The highest BCUT2D eigenvalue weighted by molar-refractivity contribution is 7.09. The Labute approximate surface area is 103 Å². The Kier molecular flexibility index (Phi) is 5.05. The van der Waals surface area contributed by atoms with E-state index < -0.39 is 17.9 Å². The topological polar surface area (TPSA) is 94.3 Å². The van der Waals surface area contributed by atoms with Gasteiger partial charge in [-0.1, -0.05) is 0 Å². The van der Waals surface area contributed by atoms with Gasteiger partial charge >= 0.3 is 5.97 Å². The van der Waals surface area contributed by atoms with Gasteiger partial charge in [-0.2, -0.15) is 0 Å². The van der Waals surface area contributed by atoms with Gasteiger partial charge in [-0.05, 0) is 13.8 Å². The fourth-order valence-corrected chi connectivity index (χ4v) is 1.73. The van der Waals surface area contributed by atoms with Crippen LogP contribution >= 0.6 is 11.3 Å². The summed E-state index contributed by atoms with van der Waals surface area (Å²) in [4.78, 5) is 26.8. The number of nitrogens with zero attached hydrogens (tertiary/aromatic N) is 1. The molecule has 17 heavy (non-hydrogen) atoms. The van der Waals surface area contributed by atoms with Crippen LogP contribution in [0.25, 0.3) is 0 Å². The van der Waals surface area contributed by atoms with Crippen LogP contribution in [-0.4, -0.2) is 29.5 Å². The normalized spacial score (nSPS) is 11.9. The van der Waals surface area contributed by atoms with Crippen LogP contribution in [0.1, 0.15) is 17.6 Å². The van der Waals surface area contributed by atoms with E-state index in [0.29, 0.717) is 0 Å². The lowest BCUT2D eigenvalue weighted by molar-refractivity contribution is -0.148. The number of thiazole rings is 1. The van der Waals surface area contributed by atoms with E-state index >= 15 is 0 Å². The summed E-state index contributed by atoms with van der Waals surface area (Å²) in [6, 6.07) is -1.28. The molecule has 0 aliphatic rings. The molecular formula is C10H15N3O3S. The maximum Gasteiger partial charge on any atom is 0.332 e. The van der Waals surface area contributed by atoms with Gasteiger partial charge in [0, 0.05) is 5.38 Å². The second-order valence-corrected chi connectivity index (χ2v) is 4.37. The molecule has 0 spiro atoms. The number of aromatic nitrogens is 1. The fourth-order valence-electron chi connectivity index (χ4n) is 1.12. The number of nitrogens with one attached hydrogen (secondary N) is 1. The largest absolute Gasteiger partial charge is 0.464 e. The van der Waals surface area contributed by atoms with Crippen LogP contribution in [0.4, 0.5) is 0 Å². The van der Waals surface area contributed by atoms with E-state index in [1.165, 1.54) is 11.3 Å². The molecule has 0 aliphatic carbocycles. The van der Waals surface area contributed by atoms with Crippen LogP contribution in [0.3, 0.4) is 0 Å². The van der Waals surface area contributed by atoms with E-state index in [0.717, 1.165) is 10.7 Å². The molecule has 0 fully saturated rings. The first-order valence-electron chi connectivity index (χ1n) is 5.15. The lowest BCUT2D eigenvalue weighted by Gasteiger charge is -2.10. The monoisotopic (exact) mass is 257 g/mol. The summed E-state index contributed by atoms with van der Waals surface area (Å²) >= 11 is 1.49. The minimum Gasteiger partial charge on any atom is -0.464 e. The average molecular weight is 257 g/mol. The van der Waals surface area contributed by atoms with E-state index in [1.54, 1.807) is 6.92 Å². The second kappa shape index (κ2) is 6.31. The summed E-state index contributed by atoms with van der Waals surface area (Å²) in [5.74, 6) is -1.28. The highest BCUT2D eigenvalue weighted by atomic mass is 32.1. The third kappa shape index (κ3) is 4.12. The Morgan fingerprint density at radius 3 is 2.88 bits per heavy atom. The number of nitrogens with two attached hydrogens (primary N) is 1. The summed E-state index contributed by atoms with van der Waals surface area (Å²) in [7, 11) is 0. The molecule has 1 aromatic heterocycles. The number of carbonyl (C=O) groups is 2. The second-order valence-electron chi connectivity index (χ2n) is 3.31. The van der Waals surface area contributed by atoms with Crippen molar-refractivity contribution in [2.75, 3.05) is 6.61 Å². The number of ether oxygens (including phenoxy) is 1. The minimum absolute atomic E-state index is 0.199. The van der Waals surface area contributed by atoms with Crippen molar-refractivity contribution in [3.63, 3.8) is 0 Å². The zero-order valence-corrected chi connectivity index (χ0v) is 10.5. The SMILES string of the molecule is CCOC(=O)C(N)C(=O)NCc1csc(C)n1. The predicted octanol–water partition coefficient (Wildman–Crippen LogP) is -0.0419. The Morgan fingerprint density at radius 2 is 2.35 bits per heavy atom. The van der Waals surface area contributed by atoms with Gasteiger partial charge in [-0.15, -0.1) is 11.3 Å². The molecule has 0 saturated carbocycles. The first-order chi connectivity index (χ1) is 8.04. The van der Waals surface area contributed by atoms with Gasteiger partial charge in [0.25, 0.3) is 0 Å². The van der Waals surface area contributed by atoms with E-state index in [4.69, 9.17) is 5.73 Å². The molecule has 0 saturated heterocycles. The van der Waals surface area contributed by atoms with Crippen molar-refractivity contribution in [3.05, 3.63) is 16.1 Å². The Hall–Kier alpha value is -1.47. The number of esters is 1. The summed E-state index contributed by atoms with van der Waals surface area (Å²) < 4.78 is 4.64. The van der Waals surface area contributed by atoms with Gasteiger partial charge in [0.15, 0.2) is 6.04 Å². The molecule has 7 heteroatoms. The van der Waals surface area contributed by atoms with Crippen LogP contribution in [0.2, 0.25) is 0 Å². The molecule has 0 aliphatic heterocycles. The molecule has 3 N–H and O–H groups in total. The number of hydrogen-bond acceptors (Lipinski definition) is 6. The predicted molar refractivity (Wildman–Crippen MR) is 63.3 cm³/mol. The Balaban J connectivity index is 2.41. The van der Waals surface area contributed by atoms with Crippen LogP contribution < -0.4 is 11.1 Å². The summed E-state index contributed by atoms with van der Waals surface area (Å²) in [6.45, 7) is 3.99. The van der Waals surface area contributed by atoms with Crippen molar-refractivity contribution >= 4 is 23.2 Å². The zero-order valence-electron chi connectivity index (χ0n) is 9.73. The van der Waals surface area contributed by atoms with Crippen molar-refractivity contribution in [1.82, 2.24) is 10.3 Å². The van der Waals surface area contributed by atoms with Gasteiger partial charge in [0.2, 0.25) is 5.91 Å². The highest BCUT2D eigenvalue weighted by Gasteiger charge is 2.22. The van der Waals surface area contributed by atoms with Crippen molar-refractivity contribution in [1.29, 1.82) is 0 Å². The van der Waals surface area contributed by atoms with E-state index in [-0.39, 0.29) is 13.2 Å². The number of hydrogen-bond donors (Lipinski definition) is 2. The molecule has 1 heterocycles. The molecule has 0 aromatic carbocycles. The first-order valence-corrected chi connectivity index (χ1v) is 6.03. The zero-order chi connectivity index (χ0) is 12.8. The van der Waals surface area contributed by atoms with Crippen molar-refractivity contribution in [2.24, 2.45) is 5.73 Å². The number of aryl methyl sites for hydroxylation is 1. The van der Waals surface area contributed by atoms with Gasteiger partial charge in [0.1, 0.15) is 0 Å². The lowest BCUT2D eigenvalue weighted by atomic mass is 10.3. The Bertz CT molecular complexity index is 405. The van der Waals surface area contributed by atoms with Crippen LogP contribution in [0.5, 0.6) is 0 Å². The van der Waals surface area contributed by atoms with Gasteiger partial charge < -0.3 is 15.8 Å². The van der Waals surface area contributed by atoms with Crippen molar-refractivity contribution < 1.29 is 14.3 Å². The summed E-state index contributed by atoms with van der Waals surface area (Å²) in [6.07, 6.45) is 0. The third-order valence-corrected chi connectivity index (χ3v) is 2.76. The molecule has 1 rings (SSSR count). The van der Waals surface area contributed by atoms with Crippen LogP contribution in [0.15, 0.2) is 5.38 Å². The standard InChI is InChI=1S/C10H15N3O3S/c1-3-16-10(15)8(11)9(14)12-4-7-5-17-6(2)13-7/h5,8H,3-4,11H2,1-2H3,(H,12,14). The van der Waals surface area contributed by atoms with Crippen LogP contribution in [-0.2, 0) is 20.9 Å². The van der Waals surface area contributed by atoms with Crippen molar-refractivity contribution in [2.45, 2.75) is 26.4 Å². The summed E-state index contributed by atoms with van der Waals surface area (Å²) in [5.41, 5.74) is 6.16. The molecule has 1 atom stereocenters. The highest BCUT2D eigenvalue weighted by Crippen LogP contribution is 2.07. The third-order valence-electron chi connectivity index (χ3n) is 1.93. The molecular weight excluding hydrogens is 242 g/mol. The number of amides is 1. The van der Waals surface area contributed by atoms with E-state index in [1.807, 2.05) is 12.3 Å². The maximum atomic E-state index is 11.5. The first kappa shape index (κ1) is 13.6. The lowest BCUT2D eigenvalue weighted by Crippen LogP contribution is -2.46.